The van der Waals surface area contributed by atoms with E-state index in [-0.39, 0.29) is 6.54 Å². The molecule has 0 saturated heterocycles. The number of para-hydroxylation sites is 1. The van der Waals surface area contributed by atoms with Crippen LogP contribution in [0.1, 0.15) is 5.56 Å². The molecule has 0 fully saturated rings. The number of rotatable bonds is 6. The molecule has 2 aromatic carbocycles. The summed E-state index contributed by atoms with van der Waals surface area (Å²) in [6, 6.07) is 13.4. The van der Waals surface area contributed by atoms with Crippen LogP contribution in [0.3, 0.4) is 0 Å². The highest BCUT2D eigenvalue weighted by atomic mass is 32.2. The molecule has 0 atom stereocenters. The summed E-state index contributed by atoms with van der Waals surface area (Å²) in [5.41, 5.74) is 2.40. The highest BCUT2D eigenvalue weighted by molar-refractivity contribution is 7.89. The molecule has 142 valence electrons. The Bertz CT molecular complexity index is 998. The third-order valence-electron chi connectivity index (χ3n) is 3.64. The Morgan fingerprint density at radius 1 is 0.963 bits per heavy atom. The maximum atomic E-state index is 12.5. The Hall–Kier alpha value is -2.78. The predicted molar refractivity (Wildman–Crippen MR) is 91.3 cm³/mol. The number of hydrogen-bond donors (Lipinski definition) is 1. The fraction of sp³-hybridized carbons (Fsp3) is 0.111. The maximum Gasteiger partial charge on any atom is 0.573 e. The Kier molecular flexibility index (Phi) is 5.24. The van der Waals surface area contributed by atoms with Crippen molar-refractivity contribution >= 4 is 10.0 Å². The summed E-state index contributed by atoms with van der Waals surface area (Å²) in [5, 5.41) is 0. The minimum Gasteiger partial charge on any atom is -0.472 e. The van der Waals surface area contributed by atoms with Crippen molar-refractivity contribution < 1.29 is 30.7 Å². The standard InChI is InChI=1S/C18H14F3NO4S/c19-18(20,21)26-16-3-1-2-4-17(16)27(23,24)22-11-13-5-7-14(8-6-13)15-9-10-25-12-15/h1-10,12,22H,11H2. The highest BCUT2D eigenvalue weighted by Crippen LogP contribution is 2.29. The Labute approximate surface area is 153 Å². The molecule has 0 aliphatic rings. The van der Waals surface area contributed by atoms with E-state index in [4.69, 9.17) is 4.42 Å². The van der Waals surface area contributed by atoms with Crippen LogP contribution in [0, 0.1) is 0 Å². The minimum atomic E-state index is -4.99. The van der Waals surface area contributed by atoms with Gasteiger partial charge in [-0.05, 0) is 29.3 Å². The molecule has 0 aliphatic carbocycles. The summed E-state index contributed by atoms with van der Waals surface area (Å²) in [6.45, 7) is -0.0889. The number of sulfonamides is 1. The van der Waals surface area contributed by atoms with Crippen molar-refractivity contribution in [1.82, 2.24) is 4.72 Å². The molecule has 1 N–H and O–H groups in total. The molecule has 0 unspecified atom stereocenters. The lowest BCUT2D eigenvalue weighted by Crippen LogP contribution is -2.25. The molecule has 0 spiro atoms. The van der Waals surface area contributed by atoms with Crippen molar-refractivity contribution in [3.8, 4) is 16.9 Å². The van der Waals surface area contributed by atoms with E-state index in [2.05, 4.69) is 9.46 Å². The van der Waals surface area contributed by atoms with Crippen molar-refractivity contribution in [3.05, 3.63) is 72.7 Å². The number of benzene rings is 2. The van der Waals surface area contributed by atoms with Gasteiger partial charge in [0.25, 0.3) is 0 Å². The van der Waals surface area contributed by atoms with Gasteiger partial charge in [0, 0.05) is 12.1 Å². The van der Waals surface area contributed by atoms with Gasteiger partial charge in [0.1, 0.15) is 10.6 Å². The zero-order valence-corrected chi connectivity index (χ0v) is 14.5. The molecule has 0 aliphatic heterocycles. The van der Waals surface area contributed by atoms with Crippen molar-refractivity contribution in [2.75, 3.05) is 0 Å². The van der Waals surface area contributed by atoms with Crippen molar-refractivity contribution in [2.24, 2.45) is 0 Å². The Morgan fingerprint density at radius 3 is 2.30 bits per heavy atom. The first-order valence-corrected chi connectivity index (χ1v) is 9.19. The zero-order chi connectivity index (χ0) is 19.5. The number of nitrogens with one attached hydrogen (secondary N) is 1. The van der Waals surface area contributed by atoms with Crippen molar-refractivity contribution in [3.63, 3.8) is 0 Å². The number of halogens is 3. The number of furan rings is 1. The first-order chi connectivity index (χ1) is 12.7. The van der Waals surface area contributed by atoms with Crippen LogP contribution in [-0.2, 0) is 16.6 Å². The van der Waals surface area contributed by atoms with E-state index in [9.17, 15) is 21.6 Å². The Balaban J connectivity index is 1.74. The summed E-state index contributed by atoms with van der Waals surface area (Å²) in [4.78, 5) is -0.586. The van der Waals surface area contributed by atoms with Crippen molar-refractivity contribution in [2.45, 2.75) is 17.8 Å². The lowest BCUT2D eigenvalue weighted by molar-refractivity contribution is -0.275. The number of hydrogen-bond acceptors (Lipinski definition) is 4. The van der Waals surface area contributed by atoms with E-state index in [1.54, 1.807) is 36.6 Å². The van der Waals surface area contributed by atoms with E-state index >= 15 is 0 Å². The zero-order valence-electron chi connectivity index (χ0n) is 13.7. The summed E-state index contributed by atoms with van der Waals surface area (Å²) < 4.78 is 73.3. The van der Waals surface area contributed by atoms with Gasteiger partial charge in [0.15, 0.2) is 0 Å². The molecule has 3 aromatic rings. The van der Waals surface area contributed by atoms with Crippen LogP contribution < -0.4 is 9.46 Å². The summed E-state index contributed by atoms with van der Waals surface area (Å²) in [5.74, 6) is -0.784. The molecule has 27 heavy (non-hydrogen) atoms. The maximum absolute atomic E-state index is 12.5. The van der Waals surface area contributed by atoms with Gasteiger partial charge in [-0.25, -0.2) is 13.1 Å². The molecule has 1 aromatic heterocycles. The monoisotopic (exact) mass is 397 g/mol. The van der Waals surface area contributed by atoms with Gasteiger partial charge in [-0.2, -0.15) is 0 Å². The summed E-state index contributed by atoms with van der Waals surface area (Å²) >= 11 is 0. The molecule has 0 radical (unpaired) electrons. The van der Waals surface area contributed by atoms with Crippen LogP contribution in [0.2, 0.25) is 0 Å². The topological polar surface area (TPSA) is 68.5 Å². The lowest BCUT2D eigenvalue weighted by atomic mass is 10.1. The summed E-state index contributed by atoms with van der Waals surface area (Å²) in [6.07, 6.45) is -1.87. The number of ether oxygens (including phenoxy) is 1. The van der Waals surface area contributed by atoms with E-state index < -0.39 is 27.0 Å². The molecular formula is C18H14F3NO4S. The SMILES string of the molecule is O=S(=O)(NCc1ccc(-c2ccoc2)cc1)c1ccccc1OC(F)(F)F. The second-order valence-corrected chi connectivity index (χ2v) is 7.26. The number of alkyl halides is 3. The minimum absolute atomic E-state index is 0.0889. The van der Waals surface area contributed by atoms with Crippen molar-refractivity contribution in [1.29, 1.82) is 0 Å². The third kappa shape index (κ3) is 4.89. The third-order valence-corrected chi connectivity index (χ3v) is 5.08. The molecule has 0 amide bonds. The fourth-order valence-corrected chi connectivity index (χ4v) is 3.53. The predicted octanol–water partition coefficient (Wildman–Crippen LogP) is 4.32. The highest BCUT2D eigenvalue weighted by Gasteiger charge is 2.33. The second-order valence-electron chi connectivity index (χ2n) is 5.53. The second kappa shape index (κ2) is 7.45. The molecule has 3 rings (SSSR count). The van der Waals surface area contributed by atoms with Crippen LogP contribution in [0.4, 0.5) is 13.2 Å². The average molecular weight is 397 g/mol. The largest absolute Gasteiger partial charge is 0.573 e. The first kappa shape index (κ1) is 19.0. The van der Waals surface area contributed by atoms with Crippen LogP contribution in [0.15, 0.2) is 76.4 Å². The molecule has 1 heterocycles. The van der Waals surface area contributed by atoms with Gasteiger partial charge >= 0.3 is 6.36 Å². The van der Waals surface area contributed by atoms with Gasteiger partial charge in [-0.3, -0.25) is 0 Å². The Morgan fingerprint density at radius 2 is 1.67 bits per heavy atom. The smallest absolute Gasteiger partial charge is 0.472 e. The van der Waals surface area contributed by atoms with E-state index in [0.717, 1.165) is 23.3 Å². The lowest BCUT2D eigenvalue weighted by Gasteiger charge is -2.14. The average Bonchev–Trinajstić information content (AvgIpc) is 3.14. The van der Waals surface area contributed by atoms with Gasteiger partial charge in [0.05, 0.1) is 12.5 Å². The molecule has 9 heteroatoms. The van der Waals surface area contributed by atoms with Crippen LogP contribution >= 0.6 is 0 Å². The quantitative estimate of drug-likeness (QED) is 0.673. The van der Waals surface area contributed by atoms with Gasteiger partial charge < -0.3 is 9.15 Å². The normalized spacial score (nSPS) is 12.1. The van der Waals surface area contributed by atoms with Gasteiger partial charge in [-0.1, -0.05) is 36.4 Å². The van der Waals surface area contributed by atoms with Crippen LogP contribution in [0.25, 0.3) is 11.1 Å². The molecule has 0 bridgehead atoms. The first-order valence-electron chi connectivity index (χ1n) is 7.70. The molecule has 0 saturated carbocycles. The molecule has 5 nitrogen and oxygen atoms in total. The van der Waals surface area contributed by atoms with Gasteiger partial charge in [0.2, 0.25) is 10.0 Å². The fourth-order valence-electron chi connectivity index (χ4n) is 2.38. The molecular weight excluding hydrogens is 383 g/mol. The van der Waals surface area contributed by atoms with Crippen LogP contribution in [-0.4, -0.2) is 14.8 Å². The van der Waals surface area contributed by atoms with E-state index in [1.807, 2.05) is 0 Å². The van der Waals surface area contributed by atoms with Crippen LogP contribution in [0.5, 0.6) is 5.75 Å². The van der Waals surface area contributed by atoms with E-state index in [1.165, 1.54) is 18.4 Å². The van der Waals surface area contributed by atoms with Gasteiger partial charge in [-0.15, -0.1) is 13.2 Å². The summed E-state index contributed by atoms with van der Waals surface area (Å²) in [7, 11) is -4.20. The van der Waals surface area contributed by atoms with E-state index in [0.29, 0.717) is 5.56 Å².